The predicted octanol–water partition coefficient (Wildman–Crippen LogP) is 23.7. The molecule has 0 aromatic carbocycles. The monoisotopic (exact) mass is 1400 g/mol. The summed E-state index contributed by atoms with van der Waals surface area (Å²) in [5.74, 6) is 0.611. The standard InChI is InChI=1S/C88H179N7O4/c1-6-11-16-21-26-31-36-41-46-51-56-61-68-83(70-71-85(96)77-90-78-86(97)91-72-63-57-52-47-42-37-32-27-22-17-12-7-2)69-62-67-76-94(75-66-60-55-50-45-40-35-30-25-20-15-10-5)79-84(89)80-95(81-87(98)92-73-64-58-53-48-43-38-33-28-23-18-13-8-3)82-88(99)93-74-65-59-54-49-44-39-34-29-24-19-14-9-4/h83-85,90,96H,6-82,89H2,1-5H3,(H,91,97)(H,92,98)(H,93,99). The smallest absolute Gasteiger partial charge is 0.234 e. The zero-order valence-electron chi connectivity index (χ0n) is 67.8. The van der Waals surface area contributed by atoms with Crippen LogP contribution in [-0.4, -0.2) is 117 Å². The largest absolute Gasteiger partial charge is 0.392 e. The lowest BCUT2D eigenvalue weighted by Gasteiger charge is -2.30. The normalized spacial score (nSPS) is 12.7. The Kier molecular flexibility index (Phi) is 80.4. The summed E-state index contributed by atoms with van der Waals surface area (Å²) in [5, 5.41) is 24.1. The Balaban J connectivity index is 5.76. The second-order valence-electron chi connectivity index (χ2n) is 31.7. The number of carbonyl (C=O) groups excluding carboxylic acids is 3. The molecule has 0 aromatic rings. The number of hydrogen-bond donors (Lipinski definition) is 6. The lowest BCUT2D eigenvalue weighted by atomic mass is 9.89. The van der Waals surface area contributed by atoms with E-state index in [0.29, 0.717) is 32.1 Å². The van der Waals surface area contributed by atoms with Crippen molar-refractivity contribution in [3.63, 3.8) is 0 Å². The third-order valence-corrected chi connectivity index (χ3v) is 21.5. The number of amides is 3. The van der Waals surface area contributed by atoms with E-state index in [1.165, 1.54) is 366 Å². The summed E-state index contributed by atoms with van der Waals surface area (Å²) in [4.78, 5) is 44.7. The van der Waals surface area contributed by atoms with Gasteiger partial charge in [-0.2, -0.15) is 0 Å². The molecule has 3 unspecified atom stereocenters. The molecule has 0 radical (unpaired) electrons. The van der Waals surface area contributed by atoms with E-state index in [1.54, 1.807) is 0 Å². The highest BCUT2D eigenvalue weighted by molar-refractivity contribution is 5.81. The van der Waals surface area contributed by atoms with Gasteiger partial charge in [-0.1, -0.05) is 413 Å². The molecule has 0 spiro atoms. The number of nitrogens with two attached hydrogens (primary N) is 1. The number of nitrogens with zero attached hydrogens (tertiary/aromatic N) is 2. The number of hydrogen-bond acceptors (Lipinski definition) is 8. The maximum Gasteiger partial charge on any atom is 0.234 e. The van der Waals surface area contributed by atoms with Crippen molar-refractivity contribution in [3.05, 3.63) is 0 Å². The number of aliphatic hydroxyl groups excluding tert-OH is 1. The molecular formula is C88H179N7O4. The molecule has 0 saturated heterocycles. The zero-order chi connectivity index (χ0) is 71.9. The van der Waals surface area contributed by atoms with Crippen LogP contribution in [0.15, 0.2) is 0 Å². The van der Waals surface area contributed by atoms with Crippen molar-refractivity contribution in [2.24, 2.45) is 11.7 Å². The van der Waals surface area contributed by atoms with E-state index < -0.39 is 6.10 Å². The molecule has 0 rings (SSSR count). The molecule has 7 N–H and O–H groups in total. The van der Waals surface area contributed by atoms with Crippen LogP contribution in [0.25, 0.3) is 0 Å². The van der Waals surface area contributed by atoms with Crippen LogP contribution in [0.2, 0.25) is 0 Å². The van der Waals surface area contributed by atoms with E-state index in [0.717, 1.165) is 84.0 Å². The van der Waals surface area contributed by atoms with Crippen LogP contribution in [0.1, 0.15) is 458 Å². The van der Waals surface area contributed by atoms with Crippen LogP contribution in [0, 0.1) is 5.92 Å². The third kappa shape index (κ3) is 77.1. The fraction of sp³-hybridized carbons (Fsp3) is 0.966. The van der Waals surface area contributed by atoms with Gasteiger partial charge in [-0.25, -0.2) is 0 Å². The van der Waals surface area contributed by atoms with Gasteiger partial charge < -0.3 is 37.0 Å². The lowest BCUT2D eigenvalue weighted by Crippen LogP contribution is -2.50. The van der Waals surface area contributed by atoms with E-state index >= 15 is 0 Å². The second kappa shape index (κ2) is 81.9. The number of rotatable bonds is 85. The first-order chi connectivity index (χ1) is 48.7. The quantitative estimate of drug-likeness (QED) is 0.0329. The van der Waals surface area contributed by atoms with E-state index in [9.17, 15) is 19.5 Å². The predicted molar refractivity (Wildman–Crippen MR) is 435 cm³/mol. The van der Waals surface area contributed by atoms with E-state index in [-0.39, 0.29) is 43.4 Å². The average molecular weight is 1400 g/mol. The maximum absolute atomic E-state index is 13.7. The Morgan fingerprint density at radius 1 is 0.293 bits per heavy atom. The number of unbranched alkanes of at least 4 members (excludes halogenated alkanes) is 56. The molecule has 0 aliphatic rings. The van der Waals surface area contributed by atoms with Crippen LogP contribution in [0.4, 0.5) is 0 Å². The van der Waals surface area contributed by atoms with Gasteiger partial charge in [0, 0.05) is 45.3 Å². The molecule has 99 heavy (non-hydrogen) atoms. The molecule has 0 aromatic heterocycles. The summed E-state index contributed by atoms with van der Waals surface area (Å²) >= 11 is 0. The Bertz CT molecular complexity index is 1560. The van der Waals surface area contributed by atoms with Crippen molar-refractivity contribution >= 4 is 17.7 Å². The Morgan fingerprint density at radius 2 is 0.535 bits per heavy atom. The first-order valence-electron chi connectivity index (χ1n) is 45.1. The summed E-state index contributed by atoms with van der Waals surface area (Å²) in [6, 6.07) is -0.186. The van der Waals surface area contributed by atoms with Gasteiger partial charge in [0.1, 0.15) is 0 Å². The van der Waals surface area contributed by atoms with Crippen molar-refractivity contribution in [1.82, 2.24) is 31.1 Å². The molecule has 0 heterocycles. The molecule has 0 aliphatic heterocycles. The van der Waals surface area contributed by atoms with Gasteiger partial charge in [-0.05, 0) is 64.0 Å². The van der Waals surface area contributed by atoms with Gasteiger partial charge in [-0.3, -0.25) is 19.3 Å². The molecule has 0 aliphatic carbocycles. The summed E-state index contributed by atoms with van der Waals surface area (Å²) in [5.41, 5.74) is 7.19. The van der Waals surface area contributed by atoms with E-state index in [2.05, 4.69) is 60.8 Å². The highest BCUT2D eigenvalue weighted by atomic mass is 16.3. The summed E-state index contributed by atoms with van der Waals surface area (Å²) in [6.07, 6.45) is 85.1. The number of carbonyl (C=O) groups is 3. The molecule has 0 fully saturated rings. The van der Waals surface area contributed by atoms with Gasteiger partial charge in [0.15, 0.2) is 0 Å². The minimum atomic E-state index is -0.457. The van der Waals surface area contributed by atoms with Crippen LogP contribution in [-0.2, 0) is 14.4 Å². The van der Waals surface area contributed by atoms with Crippen LogP contribution in [0.3, 0.4) is 0 Å². The van der Waals surface area contributed by atoms with Crippen molar-refractivity contribution in [2.45, 2.75) is 471 Å². The molecule has 590 valence electrons. The zero-order valence-corrected chi connectivity index (χ0v) is 67.8. The van der Waals surface area contributed by atoms with Gasteiger partial charge in [0.05, 0.1) is 25.7 Å². The lowest BCUT2D eigenvalue weighted by molar-refractivity contribution is -0.125. The maximum atomic E-state index is 13.7. The summed E-state index contributed by atoms with van der Waals surface area (Å²) in [7, 11) is 0. The third-order valence-electron chi connectivity index (χ3n) is 21.5. The highest BCUT2D eigenvalue weighted by Gasteiger charge is 2.21. The fourth-order valence-corrected chi connectivity index (χ4v) is 14.9. The minimum Gasteiger partial charge on any atom is -0.392 e. The van der Waals surface area contributed by atoms with Crippen LogP contribution in [0.5, 0.6) is 0 Å². The molecule has 0 bridgehead atoms. The van der Waals surface area contributed by atoms with Gasteiger partial charge in [0.25, 0.3) is 0 Å². The Morgan fingerprint density at radius 3 is 0.848 bits per heavy atom. The van der Waals surface area contributed by atoms with Crippen molar-refractivity contribution in [2.75, 3.05) is 72.0 Å². The Hall–Kier alpha value is -1.79. The van der Waals surface area contributed by atoms with Gasteiger partial charge >= 0.3 is 0 Å². The summed E-state index contributed by atoms with van der Waals surface area (Å²) in [6.45, 7) is 18.0. The molecule has 3 amide bonds. The first kappa shape index (κ1) is 97.2. The van der Waals surface area contributed by atoms with Gasteiger partial charge in [-0.15, -0.1) is 0 Å². The molecule has 3 atom stereocenters. The van der Waals surface area contributed by atoms with Gasteiger partial charge in [0.2, 0.25) is 17.7 Å². The second-order valence-corrected chi connectivity index (χ2v) is 31.7. The van der Waals surface area contributed by atoms with E-state index in [1.807, 2.05) is 4.90 Å². The van der Waals surface area contributed by atoms with Crippen molar-refractivity contribution < 1.29 is 19.5 Å². The van der Waals surface area contributed by atoms with Crippen molar-refractivity contribution in [3.8, 4) is 0 Å². The summed E-state index contributed by atoms with van der Waals surface area (Å²) < 4.78 is 0. The molecular weight excluding hydrogens is 1220 g/mol. The molecule has 11 heteroatoms. The van der Waals surface area contributed by atoms with E-state index in [4.69, 9.17) is 5.73 Å². The number of aliphatic hydroxyl groups is 1. The SMILES string of the molecule is CCCCCCCCCCCCCCNC(=O)CNCC(O)CCC(CCCCCCCCCCCCCC)CCCCN(CCCCCCCCCCCCCC)CC(N)CN(CC(=O)NCCCCCCCCCCCCCC)CC(=O)NCCCCCCCCCCCCCC. The molecule has 0 saturated carbocycles. The first-order valence-corrected chi connectivity index (χ1v) is 45.1. The average Bonchev–Trinajstić information content (AvgIpc) is 1.58. The Labute approximate surface area is 619 Å². The van der Waals surface area contributed by atoms with Crippen LogP contribution >= 0.6 is 0 Å². The number of nitrogens with one attached hydrogen (secondary N) is 4. The van der Waals surface area contributed by atoms with Crippen LogP contribution < -0.4 is 27.0 Å². The van der Waals surface area contributed by atoms with Crippen molar-refractivity contribution in [1.29, 1.82) is 0 Å². The molecule has 11 nitrogen and oxygen atoms in total. The highest BCUT2D eigenvalue weighted by Crippen LogP contribution is 2.25. The fourth-order valence-electron chi connectivity index (χ4n) is 14.9. The minimum absolute atomic E-state index is 0.00276. The topological polar surface area (TPSA) is 152 Å².